The van der Waals surface area contributed by atoms with Gasteiger partial charge >= 0.3 is 0 Å². The van der Waals surface area contributed by atoms with Gasteiger partial charge in [0.05, 0.1) is 13.2 Å². The molecular weight excluding hydrogens is 246 g/mol. The molecule has 0 N–H and O–H groups in total. The van der Waals surface area contributed by atoms with E-state index in [1.807, 2.05) is 12.1 Å². The van der Waals surface area contributed by atoms with E-state index in [4.69, 9.17) is 4.74 Å². The van der Waals surface area contributed by atoms with Crippen LogP contribution >= 0.6 is 0 Å². The lowest BCUT2D eigenvalue weighted by Gasteiger charge is -2.31. The summed E-state index contributed by atoms with van der Waals surface area (Å²) in [4.78, 5) is 2.50. The highest BCUT2D eigenvalue weighted by Gasteiger charge is 2.19. The van der Waals surface area contributed by atoms with Crippen molar-refractivity contribution in [3.63, 3.8) is 0 Å². The molecular formula is C18H20NO. The van der Waals surface area contributed by atoms with Gasteiger partial charge in [-0.1, -0.05) is 54.6 Å². The van der Waals surface area contributed by atoms with Crippen molar-refractivity contribution in [3.8, 4) is 0 Å². The zero-order chi connectivity index (χ0) is 13.6. The molecule has 1 saturated heterocycles. The molecule has 0 aromatic heterocycles. The molecule has 0 aliphatic carbocycles. The van der Waals surface area contributed by atoms with Crippen molar-refractivity contribution in [2.24, 2.45) is 0 Å². The topological polar surface area (TPSA) is 12.5 Å². The number of hydrogen-bond donors (Lipinski definition) is 0. The maximum atomic E-state index is 5.45. The Kier molecular flexibility index (Phi) is 4.46. The van der Waals surface area contributed by atoms with E-state index in [0.717, 1.165) is 32.8 Å². The highest BCUT2D eigenvalue weighted by Crippen LogP contribution is 2.25. The Morgan fingerprint density at radius 3 is 2.30 bits per heavy atom. The maximum Gasteiger partial charge on any atom is 0.0594 e. The van der Waals surface area contributed by atoms with Crippen LogP contribution in [0.2, 0.25) is 0 Å². The molecule has 2 aromatic rings. The van der Waals surface area contributed by atoms with Crippen molar-refractivity contribution in [1.29, 1.82) is 0 Å². The molecule has 1 radical (unpaired) electrons. The second-order valence-electron chi connectivity index (χ2n) is 5.21. The van der Waals surface area contributed by atoms with Crippen LogP contribution in [-0.4, -0.2) is 37.7 Å². The summed E-state index contributed by atoms with van der Waals surface area (Å²) in [5, 5.41) is 0. The molecule has 3 rings (SSSR count). The average molecular weight is 266 g/mol. The minimum absolute atomic E-state index is 0.420. The predicted octanol–water partition coefficient (Wildman–Crippen LogP) is 2.95. The minimum Gasteiger partial charge on any atom is -0.379 e. The zero-order valence-corrected chi connectivity index (χ0v) is 11.7. The lowest BCUT2D eigenvalue weighted by atomic mass is 9.90. The highest BCUT2D eigenvalue weighted by atomic mass is 16.5. The van der Waals surface area contributed by atoms with E-state index in [9.17, 15) is 0 Å². The van der Waals surface area contributed by atoms with Gasteiger partial charge in [0.2, 0.25) is 0 Å². The van der Waals surface area contributed by atoms with Crippen LogP contribution in [0.4, 0.5) is 0 Å². The zero-order valence-electron chi connectivity index (χ0n) is 11.7. The van der Waals surface area contributed by atoms with Crippen molar-refractivity contribution in [2.75, 3.05) is 32.8 Å². The molecule has 0 spiro atoms. The molecule has 0 saturated carbocycles. The molecule has 1 aliphatic rings. The second-order valence-corrected chi connectivity index (χ2v) is 5.21. The van der Waals surface area contributed by atoms with Gasteiger partial charge in [-0.2, -0.15) is 0 Å². The van der Waals surface area contributed by atoms with Gasteiger partial charge in [-0.3, -0.25) is 4.90 Å². The standard InChI is InChI=1S/C18H20NO/c1-3-7-16(8-4-1)18(17-9-5-2-6-10-17)15-19-11-13-20-14-12-19/h1,3-10,18H,11-15H2. The molecule has 1 atom stereocenters. The largest absolute Gasteiger partial charge is 0.379 e. The van der Waals surface area contributed by atoms with Gasteiger partial charge in [0, 0.05) is 25.6 Å². The molecule has 0 bridgehead atoms. The van der Waals surface area contributed by atoms with Crippen molar-refractivity contribution in [2.45, 2.75) is 5.92 Å². The third-order valence-corrected chi connectivity index (χ3v) is 3.89. The van der Waals surface area contributed by atoms with Crippen LogP contribution in [0, 0.1) is 6.07 Å². The third-order valence-electron chi connectivity index (χ3n) is 3.89. The van der Waals surface area contributed by atoms with Gasteiger partial charge in [0.1, 0.15) is 0 Å². The molecule has 1 fully saturated rings. The molecule has 20 heavy (non-hydrogen) atoms. The average Bonchev–Trinajstić information content (AvgIpc) is 2.55. The summed E-state index contributed by atoms with van der Waals surface area (Å²) >= 11 is 0. The molecule has 1 unspecified atom stereocenters. The highest BCUT2D eigenvalue weighted by molar-refractivity contribution is 5.32. The molecule has 2 aromatic carbocycles. The van der Waals surface area contributed by atoms with Crippen LogP contribution in [-0.2, 0) is 4.74 Å². The van der Waals surface area contributed by atoms with Crippen LogP contribution in [0.1, 0.15) is 17.0 Å². The van der Waals surface area contributed by atoms with E-state index in [-0.39, 0.29) is 0 Å². The van der Waals surface area contributed by atoms with Crippen LogP contribution in [0.25, 0.3) is 0 Å². The van der Waals surface area contributed by atoms with Crippen LogP contribution in [0.5, 0.6) is 0 Å². The van der Waals surface area contributed by atoms with Gasteiger partial charge in [-0.05, 0) is 17.2 Å². The van der Waals surface area contributed by atoms with E-state index in [2.05, 4.69) is 53.4 Å². The Balaban J connectivity index is 1.83. The first-order valence-corrected chi connectivity index (χ1v) is 7.24. The quantitative estimate of drug-likeness (QED) is 0.843. The summed E-state index contributed by atoms with van der Waals surface area (Å²) in [6, 6.07) is 22.2. The SMILES string of the molecule is [c]1ccc(C(CN2CCOCC2)c2ccccc2)cc1. The van der Waals surface area contributed by atoms with Crippen molar-refractivity contribution in [3.05, 3.63) is 71.8 Å². The fourth-order valence-corrected chi connectivity index (χ4v) is 2.76. The van der Waals surface area contributed by atoms with E-state index >= 15 is 0 Å². The Morgan fingerprint density at radius 1 is 0.950 bits per heavy atom. The minimum atomic E-state index is 0.420. The Hall–Kier alpha value is -1.64. The Morgan fingerprint density at radius 2 is 1.60 bits per heavy atom. The second kappa shape index (κ2) is 6.69. The Bertz CT molecular complexity index is 466. The van der Waals surface area contributed by atoms with E-state index in [1.165, 1.54) is 11.1 Å². The summed E-state index contributed by atoms with van der Waals surface area (Å²) < 4.78 is 5.45. The van der Waals surface area contributed by atoms with E-state index in [1.54, 1.807) is 0 Å². The third kappa shape index (κ3) is 3.27. The first kappa shape index (κ1) is 13.3. The predicted molar refractivity (Wildman–Crippen MR) is 80.8 cm³/mol. The van der Waals surface area contributed by atoms with Crippen molar-refractivity contribution >= 4 is 0 Å². The maximum absolute atomic E-state index is 5.45. The van der Waals surface area contributed by atoms with Gasteiger partial charge in [-0.15, -0.1) is 0 Å². The number of benzene rings is 2. The number of rotatable bonds is 4. The lowest BCUT2D eigenvalue weighted by molar-refractivity contribution is 0.0365. The van der Waals surface area contributed by atoms with Crippen LogP contribution < -0.4 is 0 Å². The number of nitrogens with zero attached hydrogens (tertiary/aromatic N) is 1. The van der Waals surface area contributed by atoms with Gasteiger partial charge in [0.25, 0.3) is 0 Å². The molecule has 2 heteroatoms. The molecule has 2 nitrogen and oxygen atoms in total. The van der Waals surface area contributed by atoms with Crippen molar-refractivity contribution < 1.29 is 4.74 Å². The number of morpholine rings is 1. The summed E-state index contributed by atoms with van der Waals surface area (Å²) in [6.07, 6.45) is 0. The Labute approximate surface area is 121 Å². The summed E-state index contributed by atoms with van der Waals surface area (Å²) in [7, 11) is 0. The van der Waals surface area contributed by atoms with E-state index in [0.29, 0.717) is 5.92 Å². The first-order chi connectivity index (χ1) is 9.93. The monoisotopic (exact) mass is 266 g/mol. The van der Waals surface area contributed by atoms with Crippen LogP contribution in [0.3, 0.4) is 0 Å². The molecule has 103 valence electrons. The molecule has 0 amide bonds. The van der Waals surface area contributed by atoms with Gasteiger partial charge in [0.15, 0.2) is 0 Å². The van der Waals surface area contributed by atoms with Gasteiger partial charge < -0.3 is 4.74 Å². The molecule has 1 aliphatic heterocycles. The summed E-state index contributed by atoms with van der Waals surface area (Å²) in [5.74, 6) is 0.420. The number of hydrogen-bond acceptors (Lipinski definition) is 2. The summed E-state index contributed by atoms with van der Waals surface area (Å²) in [6.45, 7) is 4.82. The normalized spacial score (nSPS) is 16.4. The summed E-state index contributed by atoms with van der Waals surface area (Å²) in [5.41, 5.74) is 2.74. The van der Waals surface area contributed by atoms with Gasteiger partial charge in [-0.25, -0.2) is 0 Å². The fourth-order valence-electron chi connectivity index (χ4n) is 2.76. The van der Waals surface area contributed by atoms with Crippen LogP contribution in [0.15, 0.2) is 54.6 Å². The number of ether oxygens (including phenoxy) is 1. The smallest absolute Gasteiger partial charge is 0.0594 e. The van der Waals surface area contributed by atoms with Crippen molar-refractivity contribution in [1.82, 2.24) is 4.90 Å². The van der Waals surface area contributed by atoms with E-state index < -0.39 is 0 Å². The lowest BCUT2D eigenvalue weighted by Crippen LogP contribution is -2.39. The fraction of sp³-hybridized carbons (Fsp3) is 0.333. The molecule has 1 heterocycles. The first-order valence-electron chi connectivity index (χ1n) is 7.24.